The predicted octanol–water partition coefficient (Wildman–Crippen LogP) is 3.21. The molecule has 0 fully saturated rings. The van der Waals surface area contributed by atoms with E-state index in [-0.39, 0.29) is 0 Å². The highest BCUT2D eigenvalue weighted by Gasteiger charge is 2.12. The maximum atomic E-state index is 2.39. The minimum absolute atomic E-state index is 0.325. The van der Waals surface area contributed by atoms with Crippen molar-refractivity contribution in [3.63, 3.8) is 0 Å². The fourth-order valence-corrected chi connectivity index (χ4v) is 6.35. The van der Waals surface area contributed by atoms with E-state index in [9.17, 15) is 0 Å². The van der Waals surface area contributed by atoms with Crippen LogP contribution in [0.25, 0.3) is 0 Å². The molecule has 2 heteroatoms. The molecule has 0 aliphatic heterocycles. The first-order valence-corrected chi connectivity index (χ1v) is 8.03. The van der Waals surface area contributed by atoms with Gasteiger partial charge in [0.1, 0.15) is 0 Å². The van der Waals surface area contributed by atoms with E-state index in [1.807, 2.05) is 0 Å². The van der Waals surface area contributed by atoms with Crippen molar-refractivity contribution in [3.05, 3.63) is 0 Å². The van der Waals surface area contributed by atoms with Gasteiger partial charge in [-0.2, -0.15) is 0 Å². The molecule has 0 heterocycles. The normalized spacial score (nSPS) is 12.0. The molecule has 0 saturated carbocycles. The Labute approximate surface area is 61.9 Å². The van der Waals surface area contributed by atoms with Crippen molar-refractivity contribution in [2.45, 2.75) is 18.7 Å². The number of hydrogen-bond donors (Lipinski definition) is 0. The molecule has 0 aromatic heterocycles. The van der Waals surface area contributed by atoms with E-state index in [0.29, 0.717) is 15.8 Å². The van der Waals surface area contributed by atoms with Gasteiger partial charge in [0.2, 0.25) is 0 Å². The lowest BCUT2D eigenvalue weighted by Crippen LogP contribution is -1.98. The second-order valence-corrected chi connectivity index (χ2v) is 8.32. The molecule has 0 N–H and O–H groups in total. The van der Waals surface area contributed by atoms with Crippen LogP contribution in [0.15, 0.2) is 0 Å². The Morgan fingerprint density at radius 2 is 1.33 bits per heavy atom. The summed E-state index contributed by atoms with van der Waals surface area (Å²) in [6, 6.07) is 0. The smallest absolute Gasteiger partial charge is 0.00183 e. The topological polar surface area (TPSA) is 0 Å². The Bertz CT molecular complexity index is 61.3. The van der Waals surface area contributed by atoms with Crippen LogP contribution in [0.3, 0.4) is 0 Å². The van der Waals surface area contributed by atoms with Crippen molar-refractivity contribution in [1.29, 1.82) is 0 Å². The van der Waals surface area contributed by atoms with Gasteiger partial charge in [-0.15, -0.1) is 15.8 Å². The first kappa shape index (κ1) is 9.86. The highest BCUT2D eigenvalue weighted by molar-refractivity contribution is 7.74. The number of rotatable bonds is 3. The van der Waals surface area contributed by atoms with Crippen molar-refractivity contribution in [2.75, 3.05) is 26.7 Å². The van der Waals surface area contributed by atoms with Crippen LogP contribution < -0.4 is 0 Å². The molecule has 0 rings (SSSR count). The van der Waals surface area contributed by atoms with Crippen molar-refractivity contribution < 1.29 is 0 Å². The summed E-state index contributed by atoms with van der Waals surface area (Å²) < 4.78 is 0. The van der Waals surface area contributed by atoms with Gasteiger partial charge >= 0.3 is 0 Å². The van der Waals surface area contributed by atoms with Gasteiger partial charge in [-0.3, -0.25) is 0 Å². The lowest BCUT2D eigenvalue weighted by Gasteiger charge is -2.23. The molecule has 0 aliphatic rings. The monoisotopic (exact) mass is 164 g/mol. The molecule has 0 radical (unpaired) electrons. The fraction of sp³-hybridized carbons (Fsp3) is 1.00. The van der Waals surface area contributed by atoms with Crippen LogP contribution in [0, 0.1) is 0 Å². The van der Waals surface area contributed by atoms with E-state index >= 15 is 0 Å². The Balaban J connectivity index is 3.68. The first-order chi connectivity index (χ1) is 4.09. The molecular weight excluding hydrogens is 146 g/mol. The van der Waals surface area contributed by atoms with Crippen LogP contribution in [-0.2, 0) is 0 Å². The predicted molar refractivity (Wildman–Crippen MR) is 51.6 cm³/mol. The third-order valence-corrected chi connectivity index (χ3v) is 7.44. The Hall–Kier alpha value is 0.860. The zero-order valence-electron chi connectivity index (χ0n) is 7.18. The van der Waals surface area contributed by atoms with E-state index in [1.54, 1.807) is 0 Å². The standard InChI is InChI=1S/C7H18P2/c1-6-7(8(2)3)9(4)5/h7H,6H2,1-5H3. The molecule has 0 aliphatic carbocycles. The summed E-state index contributed by atoms with van der Waals surface area (Å²) >= 11 is 0. The Kier molecular flexibility index (Phi) is 5.08. The summed E-state index contributed by atoms with van der Waals surface area (Å²) in [5.41, 5.74) is 0. The molecule has 0 saturated heterocycles. The fourth-order valence-electron chi connectivity index (χ4n) is 1.19. The summed E-state index contributed by atoms with van der Waals surface area (Å²) in [5.74, 6) is 0. The highest BCUT2D eigenvalue weighted by Crippen LogP contribution is 2.51. The Morgan fingerprint density at radius 1 is 1.00 bits per heavy atom. The number of hydrogen-bond acceptors (Lipinski definition) is 0. The van der Waals surface area contributed by atoms with Gasteiger partial charge in [-0.05, 0) is 38.5 Å². The van der Waals surface area contributed by atoms with E-state index in [1.165, 1.54) is 6.42 Å². The average molecular weight is 164 g/mol. The second kappa shape index (κ2) is 4.64. The minimum Gasteiger partial charge on any atom is -0.106 e. The zero-order chi connectivity index (χ0) is 7.44. The molecule has 0 unspecified atom stereocenters. The highest BCUT2D eigenvalue weighted by atomic mass is 31.2. The molecule has 0 atom stereocenters. The van der Waals surface area contributed by atoms with Gasteiger partial charge in [0.05, 0.1) is 0 Å². The van der Waals surface area contributed by atoms with Gasteiger partial charge in [0.25, 0.3) is 0 Å². The SMILES string of the molecule is CCC(P(C)C)P(C)C. The van der Waals surface area contributed by atoms with Crippen LogP contribution in [0.4, 0.5) is 0 Å². The van der Waals surface area contributed by atoms with Crippen molar-refractivity contribution >= 4 is 15.8 Å². The van der Waals surface area contributed by atoms with Crippen LogP contribution >= 0.6 is 15.8 Å². The van der Waals surface area contributed by atoms with Crippen LogP contribution in [0.5, 0.6) is 0 Å². The van der Waals surface area contributed by atoms with Crippen LogP contribution in [0.1, 0.15) is 13.3 Å². The minimum atomic E-state index is 0.325. The van der Waals surface area contributed by atoms with Gasteiger partial charge in [0.15, 0.2) is 0 Å². The lowest BCUT2D eigenvalue weighted by atomic mass is 10.6. The van der Waals surface area contributed by atoms with E-state index < -0.39 is 0 Å². The molecule has 9 heavy (non-hydrogen) atoms. The van der Waals surface area contributed by atoms with Crippen molar-refractivity contribution in [2.24, 2.45) is 0 Å². The molecular formula is C7H18P2. The summed E-state index contributed by atoms with van der Waals surface area (Å²) in [4.78, 5) is 0. The van der Waals surface area contributed by atoms with Crippen molar-refractivity contribution in [1.82, 2.24) is 0 Å². The first-order valence-electron chi connectivity index (χ1n) is 3.42. The van der Waals surface area contributed by atoms with E-state index in [0.717, 1.165) is 5.40 Å². The second-order valence-electron chi connectivity index (χ2n) is 2.82. The average Bonchev–Trinajstić information content (AvgIpc) is 1.64. The van der Waals surface area contributed by atoms with Crippen LogP contribution in [-0.4, -0.2) is 32.1 Å². The van der Waals surface area contributed by atoms with Gasteiger partial charge < -0.3 is 0 Å². The zero-order valence-corrected chi connectivity index (χ0v) is 8.97. The van der Waals surface area contributed by atoms with Gasteiger partial charge in [0, 0.05) is 0 Å². The quantitative estimate of drug-likeness (QED) is 0.562. The third kappa shape index (κ3) is 3.54. The Morgan fingerprint density at radius 3 is 1.33 bits per heavy atom. The summed E-state index contributed by atoms with van der Waals surface area (Å²) in [7, 11) is 0.651. The van der Waals surface area contributed by atoms with Crippen LogP contribution in [0.2, 0.25) is 0 Å². The summed E-state index contributed by atoms with van der Waals surface area (Å²) in [6.07, 6.45) is 1.39. The maximum Gasteiger partial charge on any atom is -0.00183 e. The van der Waals surface area contributed by atoms with Crippen molar-refractivity contribution in [3.8, 4) is 0 Å². The molecule has 0 amide bonds. The van der Waals surface area contributed by atoms with E-state index in [4.69, 9.17) is 0 Å². The largest absolute Gasteiger partial charge is 0.106 e. The third-order valence-electron chi connectivity index (χ3n) is 1.56. The van der Waals surface area contributed by atoms with E-state index in [2.05, 4.69) is 33.6 Å². The summed E-state index contributed by atoms with van der Waals surface area (Å²) in [6.45, 7) is 11.9. The summed E-state index contributed by atoms with van der Waals surface area (Å²) in [5, 5.41) is 1.05. The molecule has 0 aromatic rings. The van der Waals surface area contributed by atoms with Gasteiger partial charge in [-0.25, -0.2) is 0 Å². The maximum absolute atomic E-state index is 2.39. The lowest BCUT2D eigenvalue weighted by molar-refractivity contribution is 1.04. The van der Waals surface area contributed by atoms with Gasteiger partial charge in [-0.1, -0.05) is 6.92 Å². The molecule has 0 spiro atoms. The molecule has 56 valence electrons. The molecule has 0 bridgehead atoms. The molecule has 0 nitrogen and oxygen atoms in total. The molecule has 0 aromatic carbocycles.